The number of aromatic amines is 2. The average Bonchev–Trinajstić information content (AvgIpc) is 4.02. The maximum atomic E-state index is 11.9. The van der Waals surface area contributed by atoms with E-state index in [9.17, 15) is 4.79 Å². The Morgan fingerprint density at radius 1 is 0.455 bits per heavy atom. The predicted molar refractivity (Wildman–Crippen MR) is 218 cm³/mol. The highest BCUT2D eigenvalue weighted by atomic mass is 16.1. The fraction of sp³-hybridized carbons (Fsp3) is 0.0870. The summed E-state index contributed by atoms with van der Waals surface area (Å²) in [4.78, 5) is 30.2. The Morgan fingerprint density at radius 3 is 1.16 bits per heavy atom. The Balaban J connectivity index is 1.44. The summed E-state index contributed by atoms with van der Waals surface area (Å²) >= 11 is 0. The standard InChI is InChI=1S/C46H37N8O/c1-29(55)47-34-7-5-30(6-8-34)43-35-9-11-37(48-35)44(31-17-23-52(2)24-18-31)39-13-15-41(50-39)46(33-21-27-54(4)28-22-33)42-16-14-40(51-42)45(38-12-10-36(43)49-38)32-19-25-53(3)26-20-32/h5-28H,1-4H3,(H-,47,48,49,50,51,55)/q+1/p+2. The van der Waals surface area contributed by atoms with E-state index in [-0.39, 0.29) is 5.91 Å². The van der Waals surface area contributed by atoms with Gasteiger partial charge in [-0.1, -0.05) is 12.1 Å². The van der Waals surface area contributed by atoms with Crippen molar-refractivity contribution in [3.8, 4) is 44.5 Å². The third kappa shape index (κ3) is 6.42. The molecule has 2 aliphatic heterocycles. The number of hydrogen-bond donors (Lipinski definition) is 3. The highest BCUT2D eigenvalue weighted by molar-refractivity contribution is 6.00. The van der Waals surface area contributed by atoms with Crippen molar-refractivity contribution in [3.05, 3.63) is 145 Å². The number of H-pyrrole nitrogens is 2. The minimum atomic E-state index is -0.112. The quantitative estimate of drug-likeness (QED) is 0.159. The molecule has 1 aromatic carbocycles. The number of aryl methyl sites for hydroxylation is 3. The van der Waals surface area contributed by atoms with Crippen molar-refractivity contribution < 1.29 is 18.5 Å². The number of anilines is 1. The number of hydrogen-bond acceptors (Lipinski definition) is 3. The van der Waals surface area contributed by atoms with Crippen LogP contribution in [0.3, 0.4) is 0 Å². The molecule has 266 valence electrons. The molecule has 9 rings (SSSR count). The Bertz CT molecular complexity index is 2720. The van der Waals surface area contributed by atoms with Crippen LogP contribution in [0, 0.1) is 0 Å². The first-order valence-corrected chi connectivity index (χ1v) is 18.2. The Kier molecular flexibility index (Phi) is 8.31. The molecule has 0 aliphatic carbocycles. The SMILES string of the molecule is CC(=O)Nc1ccc(-c2c3ccc([nH]3)c(-c3cc[n+](C)cc3)c3nc(c(-c4cc[n+](C)cc4)c4nc(c(-c5cc[n+](C)cc5)c5ccc2[nH]5)C=C4)C=C3)cc1. The third-order valence-corrected chi connectivity index (χ3v) is 10.0. The molecule has 9 nitrogen and oxygen atoms in total. The first-order chi connectivity index (χ1) is 26.8. The van der Waals surface area contributed by atoms with Gasteiger partial charge in [-0.05, 0) is 83.0 Å². The molecule has 0 fully saturated rings. The Hall–Kier alpha value is -7.26. The number of benzene rings is 1. The molecule has 0 atom stereocenters. The zero-order valence-corrected chi connectivity index (χ0v) is 31.0. The highest BCUT2D eigenvalue weighted by Crippen LogP contribution is 2.38. The molecule has 0 saturated heterocycles. The summed E-state index contributed by atoms with van der Waals surface area (Å²) in [5.74, 6) is -0.112. The molecular formula is C46H39N8O+3. The minimum Gasteiger partial charge on any atom is -0.354 e. The van der Waals surface area contributed by atoms with Crippen LogP contribution in [-0.4, -0.2) is 25.8 Å². The van der Waals surface area contributed by atoms with E-state index < -0.39 is 0 Å². The first kappa shape index (κ1) is 33.6. The van der Waals surface area contributed by atoms with Gasteiger partial charge in [-0.25, -0.2) is 23.7 Å². The zero-order chi connectivity index (χ0) is 37.6. The zero-order valence-electron chi connectivity index (χ0n) is 31.0. The third-order valence-electron chi connectivity index (χ3n) is 10.0. The van der Waals surface area contributed by atoms with E-state index in [0.717, 1.165) is 95.0 Å². The maximum absolute atomic E-state index is 11.9. The van der Waals surface area contributed by atoms with Crippen LogP contribution in [0.5, 0.6) is 0 Å². The van der Waals surface area contributed by atoms with E-state index in [1.807, 2.05) is 59.1 Å². The van der Waals surface area contributed by atoms with Crippen molar-refractivity contribution in [1.82, 2.24) is 19.9 Å². The molecule has 0 spiro atoms. The first-order valence-electron chi connectivity index (χ1n) is 18.2. The van der Waals surface area contributed by atoms with Gasteiger partial charge in [-0.15, -0.1) is 0 Å². The van der Waals surface area contributed by atoms with Gasteiger partial charge in [-0.3, -0.25) is 4.79 Å². The van der Waals surface area contributed by atoms with E-state index in [1.165, 1.54) is 6.92 Å². The van der Waals surface area contributed by atoms with Crippen molar-refractivity contribution in [3.63, 3.8) is 0 Å². The van der Waals surface area contributed by atoms with E-state index in [2.05, 4.69) is 137 Å². The van der Waals surface area contributed by atoms with Crippen LogP contribution in [0.15, 0.2) is 122 Å². The minimum absolute atomic E-state index is 0.112. The Labute approximate surface area is 318 Å². The second kappa shape index (κ2) is 13.6. The number of fused-ring (bicyclic) bond motifs is 8. The molecule has 0 radical (unpaired) electrons. The molecular weight excluding hydrogens is 681 g/mol. The fourth-order valence-electron chi connectivity index (χ4n) is 7.35. The van der Waals surface area contributed by atoms with Gasteiger partial charge in [0.05, 0.1) is 22.8 Å². The second-order valence-corrected chi connectivity index (χ2v) is 14.0. The molecule has 0 unspecified atom stereocenters. The molecule has 7 aromatic rings. The van der Waals surface area contributed by atoms with E-state index >= 15 is 0 Å². The van der Waals surface area contributed by atoms with Gasteiger partial charge < -0.3 is 15.3 Å². The van der Waals surface area contributed by atoms with Gasteiger partial charge in [0, 0.05) is 93.3 Å². The average molecular weight is 720 g/mol. The van der Waals surface area contributed by atoms with E-state index in [1.54, 1.807) is 0 Å². The summed E-state index contributed by atoms with van der Waals surface area (Å²) in [5, 5.41) is 2.90. The van der Waals surface area contributed by atoms with Crippen LogP contribution in [-0.2, 0) is 25.9 Å². The number of pyridine rings is 3. The molecule has 8 bridgehead atoms. The summed E-state index contributed by atoms with van der Waals surface area (Å²) in [5.41, 5.74) is 15.9. The summed E-state index contributed by atoms with van der Waals surface area (Å²) in [6.45, 7) is 1.52. The summed E-state index contributed by atoms with van der Waals surface area (Å²) < 4.78 is 6.09. The smallest absolute Gasteiger partial charge is 0.221 e. The summed E-state index contributed by atoms with van der Waals surface area (Å²) in [6.07, 6.45) is 20.7. The number of nitrogens with zero attached hydrogens (tertiary/aromatic N) is 5. The van der Waals surface area contributed by atoms with Crippen molar-refractivity contribution in [2.24, 2.45) is 21.1 Å². The van der Waals surface area contributed by atoms with Crippen LogP contribution in [0.25, 0.3) is 90.9 Å². The lowest BCUT2D eigenvalue weighted by molar-refractivity contribution is -0.671. The van der Waals surface area contributed by atoms with Gasteiger partial charge in [0.1, 0.15) is 21.1 Å². The lowest BCUT2D eigenvalue weighted by atomic mass is 10.0. The Morgan fingerprint density at radius 2 is 0.782 bits per heavy atom. The molecule has 1 amide bonds. The van der Waals surface area contributed by atoms with Gasteiger partial charge >= 0.3 is 0 Å². The maximum Gasteiger partial charge on any atom is 0.221 e. The molecule has 8 heterocycles. The number of carbonyl (C=O) groups is 1. The van der Waals surface area contributed by atoms with Crippen molar-refractivity contribution in [2.75, 3.05) is 5.32 Å². The van der Waals surface area contributed by atoms with Crippen LogP contribution in [0.1, 0.15) is 29.7 Å². The molecule has 0 saturated carbocycles. The highest BCUT2D eigenvalue weighted by Gasteiger charge is 2.20. The lowest BCUT2D eigenvalue weighted by Crippen LogP contribution is -2.25. The second-order valence-electron chi connectivity index (χ2n) is 14.0. The van der Waals surface area contributed by atoms with Crippen molar-refractivity contribution in [2.45, 2.75) is 6.92 Å². The van der Waals surface area contributed by atoms with Crippen LogP contribution >= 0.6 is 0 Å². The molecule has 2 aliphatic rings. The van der Waals surface area contributed by atoms with Crippen LogP contribution in [0.4, 0.5) is 5.69 Å². The van der Waals surface area contributed by atoms with Crippen LogP contribution < -0.4 is 19.0 Å². The van der Waals surface area contributed by atoms with Gasteiger partial charge in [0.2, 0.25) is 5.91 Å². The van der Waals surface area contributed by atoms with Crippen molar-refractivity contribution in [1.29, 1.82) is 0 Å². The van der Waals surface area contributed by atoms with Crippen molar-refractivity contribution >= 4 is 58.0 Å². The molecule has 9 heteroatoms. The normalized spacial score (nSPS) is 11.9. The van der Waals surface area contributed by atoms with Crippen LogP contribution in [0.2, 0.25) is 0 Å². The van der Waals surface area contributed by atoms with E-state index in [0.29, 0.717) is 0 Å². The molecule has 3 N–H and O–H groups in total. The van der Waals surface area contributed by atoms with Gasteiger partial charge in [0.15, 0.2) is 37.2 Å². The number of nitrogens with one attached hydrogen (secondary N) is 3. The van der Waals surface area contributed by atoms with Gasteiger partial charge in [-0.2, -0.15) is 0 Å². The number of rotatable bonds is 5. The predicted octanol–water partition coefficient (Wildman–Crippen LogP) is 7.76. The lowest BCUT2D eigenvalue weighted by Gasteiger charge is -2.07. The largest absolute Gasteiger partial charge is 0.354 e. The monoisotopic (exact) mass is 719 g/mol. The molecule has 55 heavy (non-hydrogen) atoms. The van der Waals surface area contributed by atoms with E-state index in [4.69, 9.17) is 9.97 Å². The fourth-order valence-corrected chi connectivity index (χ4v) is 7.35. The summed E-state index contributed by atoms with van der Waals surface area (Å²) in [6, 6.07) is 29.2. The number of aromatic nitrogens is 7. The van der Waals surface area contributed by atoms with Gasteiger partial charge in [0.25, 0.3) is 0 Å². The molecule has 6 aromatic heterocycles. The topological polar surface area (TPSA) is 98.1 Å². The number of amides is 1. The number of carbonyl (C=O) groups excluding carboxylic acids is 1. The summed E-state index contributed by atoms with van der Waals surface area (Å²) in [7, 11) is 6.06.